The zero-order valence-electron chi connectivity index (χ0n) is 24.1. The molecule has 0 aromatic heterocycles. The smallest absolute Gasteiger partial charge is 0.251 e. The highest BCUT2D eigenvalue weighted by atomic mass is 16.2. The Labute approximate surface area is 233 Å². The van der Waals surface area contributed by atoms with E-state index in [0.29, 0.717) is 36.2 Å². The van der Waals surface area contributed by atoms with E-state index in [0.717, 1.165) is 56.9 Å². The molecule has 1 aromatic carbocycles. The summed E-state index contributed by atoms with van der Waals surface area (Å²) < 4.78 is 0. The van der Waals surface area contributed by atoms with Crippen LogP contribution in [0.3, 0.4) is 0 Å². The zero-order valence-corrected chi connectivity index (χ0v) is 24.1. The average Bonchev–Trinajstić information content (AvgIpc) is 2.93. The van der Waals surface area contributed by atoms with Crippen LogP contribution in [0.5, 0.6) is 0 Å². The molecule has 2 amide bonds. The summed E-state index contributed by atoms with van der Waals surface area (Å²) in [6, 6.07) is 3.54. The first kappa shape index (κ1) is 33.2. The first-order valence-electron chi connectivity index (χ1n) is 15.0. The van der Waals surface area contributed by atoms with Crippen LogP contribution in [-0.4, -0.2) is 24.9 Å². The summed E-state index contributed by atoms with van der Waals surface area (Å²) in [5.74, 6) is 2.34. The molecule has 2 N–H and O–H groups in total. The fraction of sp³-hybridized carbons (Fsp3) is 0.588. The van der Waals surface area contributed by atoms with E-state index in [2.05, 4.69) is 36.6 Å². The number of benzene rings is 1. The maximum absolute atomic E-state index is 13.2. The molecule has 0 radical (unpaired) electrons. The highest BCUT2D eigenvalue weighted by Gasteiger charge is 2.20. The van der Waals surface area contributed by atoms with E-state index >= 15 is 0 Å². The monoisotopic (exact) mass is 520 g/mol. The van der Waals surface area contributed by atoms with Gasteiger partial charge in [-0.25, -0.2) is 0 Å². The fourth-order valence-electron chi connectivity index (χ4n) is 4.64. The molecular formula is C34H52N2O2. The van der Waals surface area contributed by atoms with Crippen molar-refractivity contribution in [3.63, 3.8) is 0 Å². The Morgan fingerprint density at radius 1 is 0.737 bits per heavy atom. The Morgan fingerprint density at radius 3 is 1.61 bits per heavy atom. The van der Waals surface area contributed by atoms with E-state index in [1.54, 1.807) is 12.1 Å². The normalized spacial score (nSPS) is 10.5. The third kappa shape index (κ3) is 14.2. The fourth-order valence-corrected chi connectivity index (χ4v) is 4.64. The lowest BCUT2D eigenvalue weighted by molar-refractivity contribution is 0.0951. The zero-order chi connectivity index (χ0) is 27.8. The molecule has 38 heavy (non-hydrogen) atoms. The maximum atomic E-state index is 13.2. The van der Waals surface area contributed by atoms with Gasteiger partial charge in [-0.05, 0) is 69.1 Å². The van der Waals surface area contributed by atoms with Gasteiger partial charge in [-0.3, -0.25) is 9.59 Å². The number of unbranched alkanes of at least 4 members (excludes halogenated alkanes) is 13. The van der Waals surface area contributed by atoms with Gasteiger partial charge in [0.15, 0.2) is 0 Å². The van der Waals surface area contributed by atoms with Crippen molar-refractivity contribution >= 4 is 11.8 Å². The van der Waals surface area contributed by atoms with Gasteiger partial charge in [-0.1, -0.05) is 82.8 Å². The number of carbonyl (C=O) groups is 2. The molecule has 1 aromatic rings. The van der Waals surface area contributed by atoms with Gasteiger partial charge in [0, 0.05) is 29.8 Å². The van der Waals surface area contributed by atoms with E-state index in [1.165, 1.54) is 51.4 Å². The van der Waals surface area contributed by atoms with E-state index in [-0.39, 0.29) is 11.8 Å². The molecule has 0 atom stereocenters. The number of allylic oxidation sites excluding steroid dienone is 2. The lowest BCUT2D eigenvalue weighted by atomic mass is 9.92. The van der Waals surface area contributed by atoms with E-state index in [9.17, 15) is 9.59 Å². The predicted octanol–water partition coefficient (Wildman–Crippen LogP) is 8.30. The van der Waals surface area contributed by atoms with Crippen LogP contribution in [0.15, 0.2) is 37.4 Å². The molecule has 1 rings (SSSR count). The molecule has 0 fully saturated rings. The van der Waals surface area contributed by atoms with Crippen LogP contribution in [0.2, 0.25) is 0 Å². The van der Waals surface area contributed by atoms with Crippen LogP contribution in [-0.2, 0) is 6.42 Å². The second-order valence-corrected chi connectivity index (χ2v) is 10.2. The van der Waals surface area contributed by atoms with Gasteiger partial charge in [0.25, 0.3) is 11.8 Å². The minimum Gasteiger partial charge on any atom is -0.352 e. The predicted molar refractivity (Wildman–Crippen MR) is 163 cm³/mol. The molecule has 0 unspecified atom stereocenters. The minimum absolute atomic E-state index is 0.150. The number of carbonyl (C=O) groups excluding carboxylic acids is 2. The molecule has 210 valence electrons. The number of amides is 2. The van der Waals surface area contributed by atoms with E-state index < -0.39 is 0 Å². The van der Waals surface area contributed by atoms with Gasteiger partial charge >= 0.3 is 0 Å². The van der Waals surface area contributed by atoms with Gasteiger partial charge in [-0.2, -0.15) is 0 Å². The quantitative estimate of drug-likeness (QED) is 0.0866. The minimum atomic E-state index is -0.150. The van der Waals surface area contributed by atoms with Crippen molar-refractivity contribution in [2.75, 3.05) is 13.1 Å². The Hall–Kier alpha value is -2.80. The van der Waals surface area contributed by atoms with Crippen LogP contribution >= 0.6 is 0 Å². The third-order valence-corrected chi connectivity index (χ3v) is 6.93. The molecule has 0 aliphatic carbocycles. The lowest BCUT2D eigenvalue weighted by Gasteiger charge is -2.16. The molecule has 4 heteroatoms. The molecule has 4 nitrogen and oxygen atoms in total. The van der Waals surface area contributed by atoms with Crippen molar-refractivity contribution in [3.8, 4) is 12.3 Å². The first-order chi connectivity index (χ1) is 18.6. The maximum Gasteiger partial charge on any atom is 0.251 e. The molecular weight excluding hydrogens is 468 g/mol. The highest BCUT2D eigenvalue weighted by Crippen LogP contribution is 2.22. The third-order valence-electron chi connectivity index (χ3n) is 6.93. The van der Waals surface area contributed by atoms with Gasteiger partial charge in [0.2, 0.25) is 0 Å². The average molecular weight is 521 g/mol. The largest absolute Gasteiger partial charge is 0.352 e. The summed E-state index contributed by atoms with van der Waals surface area (Å²) in [4.78, 5) is 26.4. The summed E-state index contributed by atoms with van der Waals surface area (Å²) in [5, 5.41) is 6.08. The van der Waals surface area contributed by atoms with Gasteiger partial charge in [0.05, 0.1) is 0 Å². The van der Waals surface area contributed by atoms with Gasteiger partial charge in [-0.15, -0.1) is 19.6 Å². The number of nitrogens with one attached hydrogen (secondary N) is 2. The van der Waals surface area contributed by atoms with E-state index in [4.69, 9.17) is 6.42 Å². The number of hydrogen-bond acceptors (Lipinski definition) is 2. The van der Waals surface area contributed by atoms with Crippen molar-refractivity contribution in [2.24, 2.45) is 0 Å². The molecule has 0 aliphatic heterocycles. The van der Waals surface area contributed by atoms with Crippen LogP contribution in [0.4, 0.5) is 0 Å². The lowest BCUT2D eigenvalue weighted by Crippen LogP contribution is -2.29. The SMILES string of the molecule is C#Cc1cc(C(=O)NCCCCC=C)c(CCCCCCCCCCCC)c(C(=O)NCCCCC=C)c1. The second-order valence-electron chi connectivity index (χ2n) is 10.2. The standard InChI is InChI=1S/C34H52N2O2/c1-5-9-12-15-16-17-18-19-20-21-24-30-31(33(37)35-25-22-13-10-6-2)27-29(8-4)28-32(30)34(38)36-26-23-14-11-7-3/h4,6-7,27-28H,2-3,5,9-26H2,1H3,(H,35,37)(H,36,38). The van der Waals surface area contributed by atoms with Crippen molar-refractivity contribution < 1.29 is 9.59 Å². The summed E-state index contributed by atoms with van der Waals surface area (Å²) in [6.07, 6.45) is 28.2. The molecule has 0 bridgehead atoms. The summed E-state index contributed by atoms with van der Waals surface area (Å²) >= 11 is 0. The van der Waals surface area contributed by atoms with Crippen LogP contribution in [0.25, 0.3) is 0 Å². The summed E-state index contributed by atoms with van der Waals surface area (Å²) in [7, 11) is 0. The Balaban J connectivity index is 2.88. The van der Waals surface area contributed by atoms with Crippen LogP contribution in [0.1, 0.15) is 141 Å². The Bertz CT molecular complexity index is 830. The van der Waals surface area contributed by atoms with Crippen molar-refractivity contribution in [1.29, 1.82) is 0 Å². The summed E-state index contributed by atoms with van der Waals surface area (Å²) in [5.41, 5.74) is 2.45. The highest BCUT2D eigenvalue weighted by molar-refractivity contribution is 6.02. The van der Waals surface area contributed by atoms with Crippen LogP contribution < -0.4 is 10.6 Å². The number of hydrogen-bond donors (Lipinski definition) is 2. The van der Waals surface area contributed by atoms with Gasteiger partial charge < -0.3 is 10.6 Å². The van der Waals surface area contributed by atoms with E-state index in [1.807, 2.05) is 12.2 Å². The van der Waals surface area contributed by atoms with Crippen molar-refractivity contribution in [3.05, 3.63) is 59.7 Å². The van der Waals surface area contributed by atoms with Crippen molar-refractivity contribution in [2.45, 2.75) is 116 Å². The number of rotatable bonds is 23. The van der Waals surface area contributed by atoms with Gasteiger partial charge in [0.1, 0.15) is 0 Å². The molecule has 0 spiro atoms. The molecule has 0 heterocycles. The first-order valence-corrected chi connectivity index (χ1v) is 15.0. The summed E-state index contributed by atoms with van der Waals surface area (Å²) in [6.45, 7) is 10.9. The molecule has 0 saturated carbocycles. The number of terminal acetylenes is 1. The van der Waals surface area contributed by atoms with Crippen molar-refractivity contribution in [1.82, 2.24) is 10.6 Å². The molecule has 0 saturated heterocycles. The molecule has 0 aliphatic rings. The van der Waals surface area contributed by atoms with Crippen LogP contribution in [0, 0.1) is 12.3 Å². The second kappa shape index (κ2) is 22.2. The Morgan fingerprint density at radius 2 is 1.18 bits per heavy atom. The Kier molecular flexibility index (Phi) is 19.4. The topological polar surface area (TPSA) is 58.2 Å².